The molecule has 0 fully saturated rings. The highest BCUT2D eigenvalue weighted by Gasteiger charge is 2.25. The van der Waals surface area contributed by atoms with Gasteiger partial charge in [0, 0.05) is 12.0 Å². The van der Waals surface area contributed by atoms with Gasteiger partial charge in [-0.05, 0) is 37.5 Å². The zero-order valence-corrected chi connectivity index (χ0v) is 15.3. The summed E-state index contributed by atoms with van der Waals surface area (Å²) in [4.78, 5) is 25.2. The summed E-state index contributed by atoms with van der Waals surface area (Å²) in [5.74, 6) is -1.35. The average molecular weight is 356 g/mol. The van der Waals surface area contributed by atoms with Crippen molar-refractivity contribution in [3.8, 4) is 0 Å². The highest BCUT2D eigenvalue weighted by atomic mass is 19.1. The van der Waals surface area contributed by atoms with E-state index in [2.05, 4.69) is 10.6 Å². The third-order valence-corrected chi connectivity index (χ3v) is 4.04. The van der Waals surface area contributed by atoms with Crippen molar-refractivity contribution in [1.29, 1.82) is 0 Å². The molecular formula is C21H25FN2O2. The summed E-state index contributed by atoms with van der Waals surface area (Å²) in [6, 6.07) is 14.7. The van der Waals surface area contributed by atoms with Crippen LogP contribution in [-0.4, -0.2) is 17.9 Å². The van der Waals surface area contributed by atoms with Crippen LogP contribution in [0, 0.1) is 11.7 Å². The van der Waals surface area contributed by atoms with Crippen molar-refractivity contribution in [2.45, 2.75) is 39.3 Å². The molecule has 1 unspecified atom stereocenters. The Kier molecular flexibility index (Phi) is 6.89. The van der Waals surface area contributed by atoms with Crippen molar-refractivity contribution in [3.63, 3.8) is 0 Å². The molecule has 0 saturated carbocycles. The number of carbonyl (C=O) groups excluding carboxylic acids is 2. The summed E-state index contributed by atoms with van der Waals surface area (Å²) in [7, 11) is 0. The maximum Gasteiger partial charge on any atom is 0.247 e. The van der Waals surface area contributed by atoms with Gasteiger partial charge >= 0.3 is 0 Å². The third kappa shape index (κ3) is 5.41. The largest absolute Gasteiger partial charge is 0.352 e. The van der Waals surface area contributed by atoms with Crippen molar-refractivity contribution in [2.24, 2.45) is 5.92 Å². The Morgan fingerprint density at radius 1 is 0.885 bits per heavy atom. The highest BCUT2D eigenvalue weighted by Crippen LogP contribution is 2.17. The predicted molar refractivity (Wildman–Crippen MR) is 99.9 cm³/mol. The summed E-state index contributed by atoms with van der Waals surface area (Å²) < 4.78 is 13.8. The summed E-state index contributed by atoms with van der Waals surface area (Å²) >= 11 is 0. The summed E-state index contributed by atoms with van der Waals surface area (Å²) in [6.07, 6.45) is 0.270. The number of amides is 2. The zero-order valence-electron chi connectivity index (χ0n) is 15.3. The molecule has 2 rings (SSSR count). The fourth-order valence-electron chi connectivity index (χ4n) is 2.68. The van der Waals surface area contributed by atoms with Crippen LogP contribution in [0.3, 0.4) is 0 Å². The van der Waals surface area contributed by atoms with Gasteiger partial charge < -0.3 is 10.6 Å². The van der Waals surface area contributed by atoms with E-state index in [-0.39, 0.29) is 30.1 Å². The molecule has 0 saturated heterocycles. The molecule has 0 aliphatic carbocycles. The summed E-state index contributed by atoms with van der Waals surface area (Å²) in [5, 5.41) is 5.64. The molecule has 5 heteroatoms. The van der Waals surface area contributed by atoms with Gasteiger partial charge in [-0.3, -0.25) is 9.59 Å². The number of carbonyl (C=O) groups is 2. The molecule has 2 atom stereocenters. The molecule has 2 N–H and O–H groups in total. The maximum atomic E-state index is 13.8. The van der Waals surface area contributed by atoms with E-state index >= 15 is 0 Å². The van der Waals surface area contributed by atoms with Crippen LogP contribution in [0.2, 0.25) is 0 Å². The molecule has 0 aliphatic heterocycles. The molecule has 2 aromatic carbocycles. The molecule has 0 radical (unpaired) electrons. The van der Waals surface area contributed by atoms with Crippen molar-refractivity contribution in [3.05, 3.63) is 71.5 Å². The van der Waals surface area contributed by atoms with E-state index in [4.69, 9.17) is 0 Å². The van der Waals surface area contributed by atoms with Crippen molar-refractivity contribution in [2.75, 3.05) is 0 Å². The van der Waals surface area contributed by atoms with Gasteiger partial charge in [0.1, 0.15) is 11.9 Å². The zero-order chi connectivity index (χ0) is 19.1. The molecule has 0 bridgehead atoms. The Bertz CT molecular complexity index is 747. The molecule has 138 valence electrons. The molecule has 2 amide bonds. The standard InChI is InChI=1S/C21H25FN2O2/c1-14(2)23-21(26)19(16-9-5-4-6-10-16)24-20(25)15(3)13-17-11-7-8-12-18(17)22/h4-12,14-15,19H,13H2,1-3H3,(H,23,26)(H,24,25)/t15?,19-/m0/s1. The van der Waals surface area contributed by atoms with Crippen LogP contribution >= 0.6 is 0 Å². The molecule has 2 aromatic rings. The fraction of sp³-hybridized carbons (Fsp3) is 0.333. The van der Waals surface area contributed by atoms with Crippen LogP contribution in [0.4, 0.5) is 4.39 Å². The van der Waals surface area contributed by atoms with Crippen molar-refractivity contribution < 1.29 is 14.0 Å². The van der Waals surface area contributed by atoms with Gasteiger partial charge in [0.15, 0.2) is 0 Å². The average Bonchev–Trinajstić information content (AvgIpc) is 2.61. The second-order valence-electron chi connectivity index (χ2n) is 6.71. The van der Waals surface area contributed by atoms with Gasteiger partial charge in [-0.2, -0.15) is 0 Å². The minimum Gasteiger partial charge on any atom is -0.352 e. The van der Waals surface area contributed by atoms with Crippen LogP contribution in [0.15, 0.2) is 54.6 Å². The lowest BCUT2D eigenvalue weighted by Gasteiger charge is -2.22. The molecule has 0 aliphatic rings. The van der Waals surface area contributed by atoms with Gasteiger partial charge in [0.25, 0.3) is 0 Å². The second kappa shape index (κ2) is 9.13. The lowest BCUT2D eigenvalue weighted by Crippen LogP contribution is -2.44. The number of hydrogen-bond acceptors (Lipinski definition) is 2. The minimum absolute atomic E-state index is 0.0403. The second-order valence-corrected chi connectivity index (χ2v) is 6.71. The summed E-state index contributed by atoms with van der Waals surface area (Å²) in [6.45, 7) is 5.45. The van der Waals surface area contributed by atoms with E-state index in [0.29, 0.717) is 11.1 Å². The smallest absolute Gasteiger partial charge is 0.247 e. The van der Waals surface area contributed by atoms with Gasteiger partial charge in [-0.25, -0.2) is 4.39 Å². The number of nitrogens with one attached hydrogen (secondary N) is 2. The molecule has 0 spiro atoms. The first-order valence-corrected chi connectivity index (χ1v) is 8.77. The van der Waals surface area contributed by atoms with Gasteiger partial charge in [-0.15, -0.1) is 0 Å². The van der Waals surface area contributed by atoms with Crippen LogP contribution in [0.1, 0.15) is 37.9 Å². The summed E-state index contributed by atoms with van der Waals surface area (Å²) in [5.41, 5.74) is 1.19. The Balaban J connectivity index is 2.12. The lowest BCUT2D eigenvalue weighted by molar-refractivity contribution is -0.131. The first-order valence-electron chi connectivity index (χ1n) is 8.77. The minimum atomic E-state index is -0.783. The maximum absolute atomic E-state index is 13.8. The quantitative estimate of drug-likeness (QED) is 0.799. The molecule has 0 heterocycles. The molecule has 26 heavy (non-hydrogen) atoms. The number of hydrogen-bond donors (Lipinski definition) is 2. The Labute approximate surface area is 153 Å². The monoisotopic (exact) mass is 356 g/mol. The normalized spacial score (nSPS) is 13.1. The third-order valence-electron chi connectivity index (χ3n) is 4.04. The number of halogens is 1. The lowest BCUT2D eigenvalue weighted by atomic mass is 9.98. The topological polar surface area (TPSA) is 58.2 Å². The Morgan fingerprint density at radius 3 is 2.12 bits per heavy atom. The fourth-order valence-corrected chi connectivity index (χ4v) is 2.68. The van der Waals surface area contributed by atoms with Crippen LogP contribution in [0.25, 0.3) is 0 Å². The van der Waals surface area contributed by atoms with Crippen LogP contribution < -0.4 is 10.6 Å². The van der Waals surface area contributed by atoms with E-state index in [1.165, 1.54) is 6.07 Å². The van der Waals surface area contributed by atoms with E-state index in [9.17, 15) is 14.0 Å². The Hall–Kier alpha value is -2.69. The molecular weight excluding hydrogens is 331 g/mol. The number of benzene rings is 2. The van der Waals surface area contributed by atoms with Crippen molar-refractivity contribution >= 4 is 11.8 Å². The molecule has 0 aromatic heterocycles. The van der Waals surface area contributed by atoms with E-state index in [0.717, 1.165) is 0 Å². The first kappa shape index (κ1) is 19.6. The van der Waals surface area contributed by atoms with E-state index in [1.807, 2.05) is 32.0 Å². The van der Waals surface area contributed by atoms with Crippen LogP contribution in [-0.2, 0) is 16.0 Å². The first-order chi connectivity index (χ1) is 12.4. The van der Waals surface area contributed by atoms with E-state index < -0.39 is 12.0 Å². The van der Waals surface area contributed by atoms with Crippen molar-refractivity contribution in [1.82, 2.24) is 10.6 Å². The van der Waals surface area contributed by atoms with Gasteiger partial charge in [0.2, 0.25) is 11.8 Å². The molecule has 4 nitrogen and oxygen atoms in total. The van der Waals surface area contributed by atoms with Gasteiger partial charge in [0.05, 0.1) is 0 Å². The Morgan fingerprint density at radius 2 is 1.50 bits per heavy atom. The predicted octanol–water partition coefficient (Wildman–Crippen LogP) is 3.39. The number of rotatable bonds is 7. The van der Waals surface area contributed by atoms with Crippen LogP contribution in [0.5, 0.6) is 0 Å². The SMILES string of the molecule is CC(C)NC(=O)[C@@H](NC(=O)C(C)Cc1ccccc1F)c1ccccc1. The van der Waals surface area contributed by atoms with E-state index in [1.54, 1.807) is 37.3 Å². The highest BCUT2D eigenvalue weighted by molar-refractivity contribution is 5.89. The van der Waals surface area contributed by atoms with Gasteiger partial charge in [-0.1, -0.05) is 55.5 Å².